The molecule has 0 aromatic rings. The van der Waals surface area contributed by atoms with Crippen molar-refractivity contribution in [2.75, 3.05) is 0 Å². The summed E-state index contributed by atoms with van der Waals surface area (Å²) in [6, 6.07) is 0. The van der Waals surface area contributed by atoms with Gasteiger partial charge in [-0.1, -0.05) is 6.58 Å². The Morgan fingerprint density at radius 1 is 1.00 bits per heavy atom. The highest BCUT2D eigenvalue weighted by atomic mass is 16.6. The van der Waals surface area contributed by atoms with Gasteiger partial charge in [-0.25, -0.2) is 9.59 Å². The highest BCUT2D eigenvalue weighted by Gasteiger charge is 2.51. The number of ether oxygens (including phenoxy) is 2. The van der Waals surface area contributed by atoms with Crippen LogP contribution < -0.4 is 0 Å². The predicted octanol–water partition coefficient (Wildman–Crippen LogP) is 3.25. The molecule has 0 unspecified atom stereocenters. The van der Waals surface area contributed by atoms with Crippen molar-refractivity contribution in [1.29, 1.82) is 0 Å². The Balaban J connectivity index is 1.64. The van der Waals surface area contributed by atoms with Gasteiger partial charge in [0.25, 0.3) is 0 Å². The van der Waals surface area contributed by atoms with Gasteiger partial charge in [-0.3, -0.25) is 0 Å². The molecule has 0 aromatic heterocycles. The largest absolute Gasteiger partial charge is 0.459 e. The fourth-order valence-electron chi connectivity index (χ4n) is 4.69. The van der Waals surface area contributed by atoms with E-state index in [1.807, 2.05) is 0 Å². The highest BCUT2D eigenvalue weighted by molar-refractivity contribution is 5.90. The maximum absolute atomic E-state index is 12.5. The fraction of sp³-hybridized carbons (Fsp3) is 0.778. The first-order valence-electron chi connectivity index (χ1n) is 8.36. The molecule has 0 aliphatic heterocycles. The summed E-state index contributed by atoms with van der Waals surface area (Å²) in [5.41, 5.74) is -0.972. The second-order valence-electron chi connectivity index (χ2n) is 7.98. The van der Waals surface area contributed by atoms with Gasteiger partial charge in [-0.2, -0.15) is 0 Å². The number of hydrogen-bond donors (Lipinski definition) is 0. The van der Waals surface area contributed by atoms with Crippen LogP contribution in [0.25, 0.3) is 0 Å². The van der Waals surface area contributed by atoms with Crippen molar-refractivity contribution >= 4 is 11.9 Å². The summed E-state index contributed by atoms with van der Waals surface area (Å²) in [6.07, 6.45) is 6.15. The summed E-state index contributed by atoms with van der Waals surface area (Å²) in [6.45, 7) is 8.30. The quantitative estimate of drug-likeness (QED) is 0.591. The summed E-state index contributed by atoms with van der Waals surface area (Å²) in [5, 5.41) is 0. The average molecular weight is 306 g/mol. The molecule has 0 heterocycles. The average Bonchev–Trinajstić information content (AvgIpc) is 2.41. The van der Waals surface area contributed by atoms with E-state index in [2.05, 4.69) is 6.58 Å². The van der Waals surface area contributed by atoms with Crippen LogP contribution in [0, 0.1) is 23.7 Å². The Labute approximate surface area is 132 Å². The minimum Gasteiger partial charge on any atom is -0.459 e. The minimum atomic E-state index is -1.26. The second-order valence-corrected chi connectivity index (χ2v) is 7.98. The molecule has 0 amide bonds. The number of carbonyl (C=O) groups is 2. The summed E-state index contributed by atoms with van der Waals surface area (Å²) < 4.78 is 11.1. The Morgan fingerprint density at radius 3 is 1.95 bits per heavy atom. The van der Waals surface area contributed by atoms with E-state index in [1.165, 1.54) is 32.1 Å². The van der Waals surface area contributed by atoms with Crippen LogP contribution in [0.1, 0.15) is 52.9 Å². The molecule has 0 aromatic carbocycles. The van der Waals surface area contributed by atoms with Gasteiger partial charge in [0.05, 0.1) is 0 Å². The van der Waals surface area contributed by atoms with Crippen molar-refractivity contribution in [3.05, 3.63) is 12.2 Å². The third-order valence-electron chi connectivity index (χ3n) is 5.57. The van der Waals surface area contributed by atoms with Crippen molar-refractivity contribution < 1.29 is 19.1 Å². The normalized spacial score (nSPS) is 36.0. The summed E-state index contributed by atoms with van der Waals surface area (Å²) in [4.78, 5) is 24.2. The second kappa shape index (κ2) is 5.39. The Hall–Kier alpha value is -1.32. The molecule has 0 atom stereocenters. The molecule has 0 saturated heterocycles. The first kappa shape index (κ1) is 15.6. The maximum Gasteiger partial charge on any atom is 0.350 e. The molecule has 4 aliphatic rings. The van der Waals surface area contributed by atoms with Crippen molar-refractivity contribution in [3.8, 4) is 0 Å². The van der Waals surface area contributed by atoms with Crippen LogP contribution in [0.5, 0.6) is 0 Å². The summed E-state index contributed by atoms with van der Waals surface area (Å²) in [7, 11) is 0. The minimum absolute atomic E-state index is 0.0168. The van der Waals surface area contributed by atoms with E-state index in [-0.39, 0.29) is 11.7 Å². The SMILES string of the molecule is C=C(C)C(=O)OC(C)(C)C(=O)OC1C2CC3CC(C2)CC1C3. The van der Waals surface area contributed by atoms with Crippen LogP contribution in [0.3, 0.4) is 0 Å². The molecule has 22 heavy (non-hydrogen) atoms. The van der Waals surface area contributed by atoms with Crippen LogP contribution in [-0.4, -0.2) is 23.6 Å². The van der Waals surface area contributed by atoms with E-state index in [4.69, 9.17) is 9.47 Å². The molecular weight excluding hydrogens is 280 g/mol. The van der Waals surface area contributed by atoms with Gasteiger partial charge in [-0.05, 0) is 76.5 Å². The topological polar surface area (TPSA) is 52.6 Å². The molecule has 4 heteroatoms. The molecule has 4 rings (SSSR count). The van der Waals surface area contributed by atoms with Crippen LogP contribution in [0.15, 0.2) is 12.2 Å². The molecule has 0 N–H and O–H groups in total. The zero-order valence-electron chi connectivity index (χ0n) is 13.8. The van der Waals surface area contributed by atoms with Gasteiger partial charge in [0.2, 0.25) is 5.60 Å². The summed E-state index contributed by atoms with van der Waals surface area (Å²) >= 11 is 0. The van der Waals surface area contributed by atoms with Crippen LogP contribution in [0.2, 0.25) is 0 Å². The van der Waals surface area contributed by atoms with E-state index in [0.717, 1.165) is 11.8 Å². The Bertz CT molecular complexity index is 477. The van der Waals surface area contributed by atoms with Crippen LogP contribution in [-0.2, 0) is 19.1 Å². The third-order valence-corrected chi connectivity index (χ3v) is 5.57. The molecule has 4 fully saturated rings. The van der Waals surface area contributed by atoms with Gasteiger partial charge in [-0.15, -0.1) is 0 Å². The molecule has 4 bridgehead atoms. The van der Waals surface area contributed by atoms with Gasteiger partial charge < -0.3 is 9.47 Å². The Kier molecular flexibility index (Phi) is 3.82. The first-order chi connectivity index (χ1) is 10.3. The maximum atomic E-state index is 12.5. The predicted molar refractivity (Wildman–Crippen MR) is 81.9 cm³/mol. The van der Waals surface area contributed by atoms with E-state index in [9.17, 15) is 9.59 Å². The van der Waals surface area contributed by atoms with Crippen molar-refractivity contribution in [3.63, 3.8) is 0 Å². The lowest BCUT2D eigenvalue weighted by molar-refractivity contribution is -0.194. The van der Waals surface area contributed by atoms with E-state index in [0.29, 0.717) is 11.8 Å². The molecule has 0 spiro atoms. The lowest BCUT2D eigenvalue weighted by Crippen LogP contribution is -2.52. The van der Waals surface area contributed by atoms with Gasteiger partial charge in [0.1, 0.15) is 6.10 Å². The molecule has 122 valence electrons. The van der Waals surface area contributed by atoms with E-state index >= 15 is 0 Å². The van der Waals surface area contributed by atoms with Crippen molar-refractivity contribution in [2.24, 2.45) is 23.7 Å². The zero-order chi connectivity index (χ0) is 16.1. The molecule has 4 nitrogen and oxygen atoms in total. The number of esters is 2. The fourth-order valence-corrected chi connectivity index (χ4v) is 4.69. The molecular formula is C18H26O4. The molecule has 0 radical (unpaired) electrons. The third kappa shape index (κ3) is 2.80. The lowest BCUT2D eigenvalue weighted by Gasteiger charge is -2.53. The van der Waals surface area contributed by atoms with Gasteiger partial charge in [0, 0.05) is 5.57 Å². The van der Waals surface area contributed by atoms with Crippen molar-refractivity contribution in [2.45, 2.75) is 64.6 Å². The van der Waals surface area contributed by atoms with Gasteiger partial charge in [0.15, 0.2) is 0 Å². The zero-order valence-corrected chi connectivity index (χ0v) is 13.8. The molecule has 4 saturated carbocycles. The first-order valence-corrected chi connectivity index (χ1v) is 8.36. The van der Waals surface area contributed by atoms with Gasteiger partial charge >= 0.3 is 11.9 Å². The standard InChI is InChI=1S/C18H26O4/c1-10(2)16(19)22-18(3,4)17(20)21-15-13-6-11-5-12(8-13)9-14(15)7-11/h11-15H,1,5-9H2,2-4H3. The van der Waals surface area contributed by atoms with Crippen molar-refractivity contribution in [1.82, 2.24) is 0 Å². The van der Waals surface area contributed by atoms with Crippen LogP contribution >= 0.6 is 0 Å². The number of hydrogen-bond acceptors (Lipinski definition) is 4. The lowest BCUT2D eigenvalue weighted by atomic mass is 9.55. The monoisotopic (exact) mass is 306 g/mol. The summed E-state index contributed by atoms with van der Waals surface area (Å²) in [5.74, 6) is 1.71. The van der Waals surface area contributed by atoms with E-state index < -0.39 is 17.5 Å². The molecule has 4 aliphatic carbocycles. The smallest absolute Gasteiger partial charge is 0.350 e. The van der Waals surface area contributed by atoms with Crippen LogP contribution in [0.4, 0.5) is 0 Å². The van der Waals surface area contributed by atoms with E-state index in [1.54, 1.807) is 20.8 Å². The Morgan fingerprint density at radius 2 is 1.50 bits per heavy atom. The highest BCUT2D eigenvalue weighted by Crippen LogP contribution is 2.54. The number of rotatable bonds is 4. The number of carbonyl (C=O) groups excluding carboxylic acids is 2.